The Morgan fingerprint density at radius 2 is 2.21 bits per heavy atom. The topological polar surface area (TPSA) is 54.2 Å². The molecule has 2 N–H and O–H groups in total. The predicted octanol–water partition coefficient (Wildman–Crippen LogP) is 2.48. The normalized spacial score (nSPS) is 17.9. The van der Waals surface area contributed by atoms with Crippen LogP contribution in [0.1, 0.15) is 18.4 Å². The van der Waals surface area contributed by atoms with E-state index in [0.29, 0.717) is 0 Å². The van der Waals surface area contributed by atoms with Crippen LogP contribution in [0.5, 0.6) is 0 Å². The second-order valence-corrected chi connectivity index (χ2v) is 7.30. The molecule has 3 rings (SSSR count). The summed E-state index contributed by atoms with van der Waals surface area (Å²) in [5, 5.41) is 12.0. The lowest BCUT2D eigenvalue weighted by Gasteiger charge is -2.14. The smallest absolute Gasteiger partial charge is 0.191 e. The van der Waals surface area contributed by atoms with E-state index in [4.69, 9.17) is 0 Å². The van der Waals surface area contributed by atoms with Gasteiger partial charge in [-0.1, -0.05) is 18.2 Å². The van der Waals surface area contributed by atoms with Crippen LogP contribution in [0.4, 0.5) is 0 Å². The van der Waals surface area contributed by atoms with Crippen molar-refractivity contribution in [2.45, 2.75) is 24.5 Å². The van der Waals surface area contributed by atoms with Crippen LogP contribution >= 0.6 is 11.8 Å². The minimum Gasteiger partial charge on any atom is -0.356 e. The van der Waals surface area contributed by atoms with Crippen molar-refractivity contribution in [3.8, 4) is 5.69 Å². The molecule has 1 aliphatic rings. The molecule has 1 saturated heterocycles. The number of aromatic nitrogens is 2. The van der Waals surface area contributed by atoms with Crippen molar-refractivity contribution in [1.82, 2.24) is 20.4 Å². The molecule has 1 aliphatic heterocycles. The number of guanidine groups is 1. The summed E-state index contributed by atoms with van der Waals surface area (Å²) in [6.45, 7) is 1.84. The highest BCUT2D eigenvalue weighted by atomic mass is 32.2. The molecule has 0 radical (unpaired) electrons. The van der Waals surface area contributed by atoms with E-state index in [1.54, 1.807) is 0 Å². The summed E-state index contributed by atoms with van der Waals surface area (Å²) in [5.41, 5.74) is 2.30. The molecule has 0 bridgehead atoms. The molecule has 0 aliphatic carbocycles. The largest absolute Gasteiger partial charge is 0.356 e. The van der Waals surface area contributed by atoms with Crippen molar-refractivity contribution >= 4 is 17.7 Å². The second kappa shape index (κ2) is 8.78. The van der Waals surface area contributed by atoms with E-state index >= 15 is 0 Å². The molecule has 5 nitrogen and oxygen atoms in total. The van der Waals surface area contributed by atoms with Gasteiger partial charge in [-0.3, -0.25) is 4.99 Å². The Hall–Kier alpha value is -1.95. The van der Waals surface area contributed by atoms with E-state index in [0.717, 1.165) is 36.4 Å². The highest BCUT2D eigenvalue weighted by Crippen LogP contribution is 2.25. The van der Waals surface area contributed by atoms with Crippen LogP contribution in [-0.2, 0) is 6.42 Å². The maximum Gasteiger partial charge on any atom is 0.191 e. The van der Waals surface area contributed by atoms with Gasteiger partial charge >= 0.3 is 0 Å². The number of rotatable bonds is 6. The minimum absolute atomic E-state index is 0.729. The molecule has 1 atom stereocenters. The zero-order chi connectivity index (χ0) is 16.6. The van der Waals surface area contributed by atoms with Gasteiger partial charge in [0, 0.05) is 31.6 Å². The highest BCUT2D eigenvalue weighted by Gasteiger charge is 2.15. The average molecular weight is 344 g/mol. The molecule has 1 fully saturated rings. The Morgan fingerprint density at radius 1 is 1.33 bits per heavy atom. The van der Waals surface area contributed by atoms with E-state index in [-0.39, 0.29) is 0 Å². The summed E-state index contributed by atoms with van der Waals surface area (Å²) < 4.78 is 1.92. The summed E-state index contributed by atoms with van der Waals surface area (Å²) in [5.74, 6) is 2.18. The molecule has 0 saturated carbocycles. The van der Waals surface area contributed by atoms with Crippen LogP contribution in [0.3, 0.4) is 0 Å². The Bertz CT molecular complexity index is 646. The first-order valence-corrected chi connectivity index (χ1v) is 9.55. The molecule has 128 valence electrons. The van der Waals surface area contributed by atoms with Crippen molar-refractivity contribution in [2.24, 2.45) is 4.99 Å². The Kier molecular flexibility index (Phi) is 6.18. The first-order valence-electron chi connectivity index (χ1n) is 8.50. The summed E-state index contributed by atoms with van der Waals surface area (Å²) in [6.07, 6.45) is 7.59. The van der Waals surface area contributed by atoms with Crippen molar-refractivity contribution < 1.29 is 0 Å². The van der Waals surface area contributed by atoms with Crippen LogP contribution < -0.4 is 10.6 Å². The molecular weight excluding hydrogens is 318 g/mol. The van der Waals surface area contributed by atoms with Crippen LogP contribution in [0, 0.1) is 0 Å². The van der Waals surface area contributed by atoms with E-state index in [1.165, 1.54) is 24.2 Å². The fraction of sp³-hybridized carbons (Fsp3) is 0.444. The maximum atomic E-state index is 4.43. The SMILES string of the molecule is CN=C(NCCc1cnn(-c2ccccc2)c1)NCC1CCCS1. The van der Waals surface area contributed by atoms with Gasteiger partial charge in [0.1, 0.15) is 0 Å². The van der Waals surface area contributed by atoms with Crippen molar-refractivity contribution in [2.75, 3.05) is 25.9 Å². The van der Waals surface area contributed by atoms with E-state index < -0.39 is 0 Å². The molecule has 0 spiro atoms. The summed E-state index contributed by atoms with van der Waals surface area (Å²) in [4.78, 5) is 4.30. The molecule has 2 aromatic rings. The summed E-state index contributed by atoms with van der Waals surface area (Å²) >= 11 is 2.06. The molecule has 1 aromatic heterocycles. The second-order valence-electron chi connectivity index (χ2n) is 5.89. The number of hydrogen-bond acceptors (Lipinski definition) is 3. The zero-order valence-electron chi connectivity index (χ0n) is 14.1. The van der Waals surface area contributed by atoms with Gasteiger partial charge in [-0.05, 0) is 42.7 Å². The first-order chi connectivity index (χ1) is 11.8. The number of para-hydroxylation sites is 1. The average Bonchev–Trinajstić information content (AvgIpc) is 3.30. The third-order valence-corrected chi connectivity index (χ3v) is 5.51. The van der Waals surface area contributed by atoms with Gasteiger partial charge in [0.05, 0.1) is 11.9 Å². The monoisotopic (exact) mass is 343 g/mol. The quantitative estimate of drug-likeness (QED) is 0.625. The number of thioether (sulfide) groups is 1. The molecule has 1 aromatic carbocycles. The van der Waals surface area contributed by atoms with Gasteiger partial charge in [0.25, 0.3) is 0 Å². The fourth-order valence-corrected chi connectivity index (χ4v) is 3.97. The molecule has 2 heterocycles. The van der Waals surface area contributed by atoms with Gasteiger partial charge in [-0.15, -0.1) is 0 Å². The van der Waals surface area contributed by atoms with E-state index in [1.807, 2.05) is 36.1 Å². The number of hydrogen-bond donors (Lipinski definition) is 2. The van der Waals surface area contributed by atoms with Crippen LogP contribution in [0.15, 0.2) is 47.7 Å². The van der Waals surface area contributed by atoms with Crippen molar-refractivity contribution in [1.29, 1.82) is 0 Å². The lowest BCUT2D eigenvalue weighted by atomic mass is 10.2. The Balaban J connectivity index is 1.43. The number of benzene rings is 1. The third kappa shape index (κ3) is 4.77. The summed E-state index contributed by atoms with van der Waals surface area (Å²) in [7, 11) is 1.82. The standard InChI is InChI=1S/C18H25N5S/c1-19-18(21-13-17-8-5-11-24-17)20-10-9-15-12-22-23(14-15)16-6-3-2-4-7-16/h2-4,6-7,12,14,17H,5,8-11,13H2,1H3,(H2,19,20,21). The zero-order valence-corrected chi connectivity index (χ0v) is 14.9. The number of nitrogens with zero attached hydrogens (tertiary/aromatic N) is 3. The third-order valence-electron chi connectivity index (χ3n) is 4.11. The molecule has 6 heteroatoms. The van der Waals surface area contributed by atoms with Crippen LogP contribution in [0.25, 0.3) is 5.69 Å². The lowest BCUT2D eigenvalue weighted by molar-refractivity contribution is 0.724. The van der Waals surface area contributed by atoms with Crippen molar-refractivity contribution in [3.05, 3.63) is 48.3 Å². The molecular formula is C18H25N5S. The number of aliphatic imine (C=N–C) groups is 1. The lowest BCUT2D eigenvalue weighted by Crippen LogP contribution is -2.40. The highest BCUT2D eigenvalue weighted by molar-refractivity contribution is 8.00. The Morgan fingerprint density at radius 3 is 2.96 bits per heavy atom. The fourth-order valence-electron chi connectivity index (χ4n) is 2.77. The minimum atomic E-state index is 0.729. The van der Waals surface area contributed by atoms with E-state index in [9.17, 15) is 0 Å². The van der Waals surface area contributed by atoms with Gasteiger partial charge in [-0.25, -0.2) is 4.68 Å². The molecule has 1 unspecified atom stereocenters. The van der Waals surface area contributed by atoms with Gasteiger partial charge in [0.15, 0.2) is 5.96 Å². The predicted molar refractivity (Wildman–Crippen MR) is 102 cm³/mol. The van der Waals surface area contributed by atoms with Gasteiger partial charge in [0.2, 0.25) is 0 Å². The number of nitrogens with one attached hydrogen (secondary N) is 2. The van der Waals surface area contributed by atoms with Crippen LogP contribution in [-0.4, -0.2) is 46.9 Å². The maximum absolute atomic E-state index is 4.43. The van der Waals surface area contributed by atoms with Gasteiger partial charge in [-0.2, -0.15) is 16.9 Å². The van der Waals surface area contributed by atoms with Gasteiger partial charge < -0.3 is 10.6 Å². The van der Waals surface area contributed by atoms with Crippen molar-refractivity contribution in [3.63, 3.8) is 0 Å². The molecule has 24 heavy (non-hydrogen) atoms. The Labute approximate surface area is 147 Å². The first kappa shape index (κ1) is 16.9. The summed E-state index contributed by atoms with van der Waals surface area (Å²) in [6, 6.07) is 10.2. The van der Waals surface area contributed by atoms with Crippen LogP contribution in [0.2, 0.25) is 0 Å². The molecule has 0 amide bonds. The van der Waals surface area contributed by atoms with E-state index in [2.05, 4.69) is 50.8 Å².